The van der Waals surface area contributed by atoms with Crippen molar-refractivity contribution in [3.63, 3.8) is 0 Å². The molecule has 5 nitrogen and oxygen atoms in total. The molecule has 0 spiro atoms. The predicted molar refractivity (Wildman–Crippen MR) is 116 cm³/mol. The summed E-state index contributed by atoms with van der Waals surface area (Å²) in [4.78, 5) is 16.8. The Balaban J connectivity index is 1.62. The largest absolute Gasteiger partial charge is 0.497 e. The Labute approximate surface area is 181 Å². The van der Waals surface area contributed by atoms with Gasteiger partial charge in [-0.05, 0) is 30.3 Å². The summed E-state index contributed by atoms with van der Waals surface area (Å²) in [6.07, 6.45) is 0. The van der Waals surface area contributed by atoms with Crippen LogP contribution < -0.4 is 14.8 Å². The Hall–Kier alpha value is -1.93. The molecule has 28 heavy (non-hydrogen) atoms. The lowest BCUT2D eigenvalue weighted by Crippen LogP contribution is -2.14. The van der Waals surface area contributed by atoms with Crippen molar-refractivity contribution < 1.29 is 14.3 Å². The number of amides is 1. The number of hydrogen-bond acceptors (Lipinski definition) is 6. The summed E-state index contributed by atoms with van der Waals surface area (Å²) >= 11 is 15.0. The third-order valence-corrected chi connectivity index (χ3v) is 6.27. The average molecular weight is 455 g/mol. The number of nitrogens with one attached hydrogen (secondary N) is 1. The fourth-order valence-electron chi connectivity index (χ4n) is 2.36. The van der Waals surface area contributed by atoms with Gasteiger partial charge in [0.05, 0.1) is 36.4 Å². The molecule has 0 atom stereocenters. The summed E-state index contributed by atoms with van der Waals surface area (Å²) in [5.41, 5.74) is 2.15. The molecule has 0 aliphatic heterocycles. The molecule has 0 radical (unpaired) electrons. The van der Waals surface area contributed by atoms with E-state index in [-0.39, 0.29) is 11.7 Å². The molecule has 3 rings (SSSR count). The van der Waals surface area contributed by atoms with Crippen LogP contribution >= 0.6 is 46.3 Å². The number of anilines is 1. The number of benzene rings is 2. The number of ether oxygens (including phenoxy) is 2. The molecule has 0 fully saturated rings. The molecule has 1 N–H and O–H groups in total. The molecule has 0 saturated carbocycles. The molecule has 146 valence electrons. The van der Waals surface area contributed by atoms with E-state index in [1.54, 1.807) is 37.4 Å². The van der Waals surface area contributed by atoms with Gasteiger partial charge in [-0.25, -0.2) is 4.98 Å². The van der Waals surface area contributed by atoms with Crippen molar-refractivity contribution in [2.24, 2.45) is 0 Å². The number of nitrogens with zero attached hydrogens (tertiary/aromatic N) is 1. The zero-order valence-electron chi connectivity index (χ0n) is 15.0. The maximum atomic E-state index is 12.3. The number of carbonyl (C=O) groups excluding carboxylic acids is 1. The highest BCUT2D eigenvalue weighted by Gasteiger charge is 2.13. The van der Waals surface area contributed by atoms with Crippen molar-refractivity contribution in [1.82, 2.24) is 4.98 Å². The highest BCUT2D eigenvalue weighted by Crippen LogP contribution is 2.34. The lowest BCUT2D eigenvalue weighted by molar-refractivity contribution is -0.113. The van der Waals surface area contributed by atoms with E-state index in [0.717, 1.165) is 15.6 Å². The highest BCUT2D eigenvalue weighted by molar-refractivity contribution is 8.01. The second-order valence-corrected chi connectivity index (χ2v) is 8.45. The van der Waals surface area contributed by atoms with Gasteiger partial charge in [0.25, 0.3) is 0 Å². The molecule has 3 aromatic rings. The van der Waals surface area contributed by atoms with E-state index >= 15 is 0 Å². The normalized spacial score (nSPS) is 10.6. The maximum absolute atomic E-state index is 12.3. The molecule has 1 aromatic heterocycles. The third-order valence-electron chi connectivity index (χ3n) is 3.70. The first kappa shape index (κ1) is 20.8. The Bertz CT molecular complexity index is 995. The molecule has 0 unspecified atom stereocenters. The number of aromatic nitrogens is 1. The van der Waals surface area contributed by atoms with Crippen LogP contribution in [-0.4, -0.2) is 30.9 Å². The van der Waals surface area contributed by atoms with Crippen LogP contribution in [0.1, 0.15) is 0 Å². The Morgan fingerprint density at radius 3 is 2.71 bits per heavy atom. The van der Waals surface area contributed by atoms with E-state index in [4.69, 9.17) is 32.7 Å². The molecular formula is C19H16Cl2N2O3S2. The summed E-state index contributed by atoms with van der Waals surface area (Å²) in [7, 11) is 3.11. The van der Waals surface area contributed by atoms with Crippen LogP contribution in [-0.2, 0) is 4.79 Å². The van der Waals surface area contributed by atoms with Gasteiger partial charge in [-0.2, -0.15) is 0 Å². The Kier molecular flexibility index (Phi) is 7.07. The first-order chi connectivity index (χ1) is 13.5. The monoisotopic (exact) mass is 454 g/mol. The van der Waals surface area contributed by atoms with E-state index in [1.165, 1.54) is 30.2 Å². The lowest BCUT2D eigenvalue weighted by Gasteiger charge is -2.11. The minimum atomic E-state index is -0.158. The van der Waals surface area contributed by atoms with E-state index in [2.05, 4.69) is 10.3 Å². The van der Waals surface area contributed by atoms with Gasteiger partial charge in [-0.3, -0.25) is 4.79 Å². The van der Waals surface area contributed by atoms with Crippen LogP contribution in [0.5, 0.6) is 11.5 Å². The second-order valence-electron chi connectivity index (χ2n) is 5.53. The zero-order valence-corrected chi connectivity index (χ0v) is 18.1. The van der Waals surface area contributed by atoms with Crippen LogP contribution in [0.3, 0.4) is 0 Å². The number of halogens is 2. The molecule has 2 aromatic carbocycles. The summed E-state index contributed by atoms with van der Waals surface area (Å²) in [6.45, 7) is 0. The third kappa shape index (κ3) is 5.11. The molecule has 0 aliphatic rings. The minimum Gasteiger partial charge on any atom is -0.497 e. The quantitative estimate of drug-likeness (QED) is 0.452. The van der Waals surface area contributed by atoms with Gasteiger partial charge in [0, 0.05) is 22.0 Å². The summed E-state index contributed by atoms with van der Waals surface area (Å²) in [5.74, 6) is 1.25. The standard InChI is InChI=1S/C19H16Cl2N2O3S2/c1-25-12-4-6-15(17(8-12)26-2)22-18(24)10-28-19-23-16(9-27-19)13-5-3-11(20)7-14(13)21/h3-9H,10H2,1-2H3,(H,22,24). The number of thioether (sulfide) groups is 1. The first-order valence-corrected chi connectivity index (χ1v) is 10.7. The van der Waals surface area contributed by atoms with Crippen molar-refractivity contribution in [2.45, 2.75) is 4.34 Å². The summed E-state index contributed by atoms with van der Waals surface area (Å²) in [5, 5.41) is 5.86. The molecule has 0 saturated heterocycles. The molecule has 1 amide bonds. The minimum absolute atomic E-state index is 0.158. The second kappa shape index (κ2) is 9.52. The molecule has 9 heteroatoms. The topological polar surface area (TPSA) is 60.5 Å². The lowest BCUT2D eigenvalue weighted by atomic mass is 10.2. The van der Waals surface area contributed by atoms with Crippen LogP contribution in [0, 0.1) is 0 Å². The molecular weight excluding hydrogens is 439 g/mol. The molecule has 0 aliphatic carbocycles. The van der Waals surface area contributed by atoms with Crippen LogP contribution in [0.25, 0.3) is 11.3 Å². The number of thiazole rings is 1. The van der Waals surface area contributed by atoms with Crippen molar-refractivity contribution in [3.8, 4) is 22.8 Å². The van der Waals surface area contributed by atoms with E-state index < -0.39 is 0 Å². The fraction of sp³-hybridized carbons (Fsp3) is 0.158. The number of carbonyl (C=O) groups is 1. The summed E-state index contributed by atoms with van der Waals surface area (Å²) < 4.78 is 11.2. The highest BCUT2D eigenvalue weighted by atomic mass is 35.5. The van der Waals surface area contributed by atoms with Gasteiger partial charge in [0.15, 0.2) is 4.34 Å². The van der Waals surface area contributed by atoms with Crippen LogP contribution in [0.4, 0.5) is 5.69 Å². The van der Waals surface area contributed by atoms with Gasteiger partial charge in [-0.1, -0.05) is 35.0 Å². The van der Waals surface area contributed by atoms with Crippen LogP contribution in [0.15, 0.2) is 46.1 Å². The fourth-order valence-corrected chi connectivity index (χ4v) is 4.49. The van der Waals surface area contributed by atoms with Gasteiger partial charge in [0.1, 0.15) is 11.5 Å². The van der Waals surface area contributed by atoms with E-state index in [1.807, 2.05) is 11.4 Å². The number of hydrogen-bond donors (Lipinski definition) is 1. The Morgan fingerprint density at radius 1 is 1.18 bits per heavy atom. The molecule has 0 bridgehead atoms. The molecule has 1 heterocycles. The van der Waals surface area contributed by atoms with Gasteiger partial charge in [0.2, 0.25) is 5.91 Å². The number of rotatable bonds is 7. The first-order valence-electron chi connectivity index (χ1n) is 8.05. The van der Waals surface area contributed by atoms with Crippen molar-refractivity contribution in [2.75, 3.05) is 25.3 Å². The maximum Gasteiger partial charge on any atom is 0.234 e. The van der Waals surface area contributed by atoms with Gasteiger partial charge < -0.3 is 14.8 Å². The van der Waals surface area contributed by atoms with Crippen molar-refractivity contribution in [3.05, 3.63) is 51.8 Å². The van der Waals surface area contributed by atoms with Crippen LogP contribution in [0.2, 0.25) is 10.0 Å². The zero-order chi connectivity index (χ0) is 20.1. The smallest absolute Gasteiger partial charge is 0.234 e. The SMILES string of the molecule is COc1ccc(NC(=O)CSc2nc(-c3ccc(Cl)cc3Cl)cs2)c(OC)c1. The van der Waals surface area contributed by atoms with E-state index in [0.29, 0.717) is 27.2 Å². The Morgan fingerprint density at radius 2 is 2.00 bits per heavy atom. The van der Waals surface area contributed by atoms with Crippen molar-refractivity contribution in [1.29, 1.82) is 0 Å². The average Bonchev–Trinajstić information content (AvgIpc) is 3.15. The van der Waals surface area contributed by atoms with Gasteiger partial charge in [-0.15, -0.1) is 11.3 Å². The summed E-state index contributed by atoms with van der Waals surface area (Å²) in [6, 6.07) is 10.5. The van der Waals surface area contributed by atoms with Crippen molar-refractivity contribution >= 4 is 57.9 Å². The number of methoxy groups -OCH3 is 2. The van der Waals surface area contributed by atoms with Gasteiger partial charge >= 0.3 is 0 Å². The predicted octanol–water partition coefficient (Wildman–Crippen LogP) is 5.86. The van der Waals surface area contributed by atoms with E-state index in [9.17, 15) is 4.79 Å².